The molecule has 0 aliphatic heterocycles. The third-order valence-electron chi connectivity index (χ3n) is 3.46. The molecule has 1 heterocycles. The lowest BCUT2D eigenvalue weighted by molar-refractivity contribution is -0.703. The molecule has 3 nitrogen and oxygen atoms in total. The van der Waals surface area contributed by atoms with Crippen molar-refractivity contribution in [1.29, 1.82) is 0 Å². The van der Waals surface area contributed by atoms with E-state index in [0.717, 1.165) is 30.0 Å². The highest BCUT2D eigenvalue weighted by atomic mass is 35.5. The minimum atomic E-state index is 0.592. The minimum Gasteiger partial charge on any atom is -0.495 e. The summed E-state index contributed by atoms with van der Waals surface area (Å²) in [7, 11) is 1.61. The summed E-state index contributed by atoms with van der Waals surface area (Å²) in [6.07, 6.45) is 1.15. The number of methoxy groups -OCH3 is 1. The predicted octanol–water partition coefficient (Wildman–Crippen LogP) is 3.47. The smallest absolute Gasteiger partial charge is 0.158 e. The van der Waals surface area contributed by atoms with Gasteiger partial charge in [-0.1, -0.05) is 18.5 Å². The summed E-state index contributed by atoms with van der Waals surface area (Å²) < 4.78 is 11.0. The van der Waals surface area contributed by atoms with E-state index in [2.05, 4.69) is 19.2 Å². The van der Waals surface area contributed by atoms with Crippen molar-refractivity contribution in [3.8, 4) is 17.1 Å². The zero-order valence-electron chi connectivity index (χ0n) is 12.2. The SMILES string of the molecule is CC[C@@H](C)[NH2+]Cc1ccc(-c2ccc(OC)c(Cl)c2)o1. The molecule has 1 aromatic carbocycles. The Hall–Kier alpha value is -1.45. The molecule has 0 saturated carbocycles. The molecule has 0 radical (unpaired) electrons. The fraction of sp³-hybridized carbons (Fsp3) is 0.375. The van der Waals surface area contributed by atoms with Crippen molar-refractivity contribution in [2.24, 2.45) is 0 Å². The average Bonchev–Trinajstić information content (AvgIpc) is 2.93. The monoisotopic (exact) mass is 294 g/mol. The Bertz CT molecular complexity index is 565. The lowest BCUT2D eigenvalue weighted by Crippen LogP contribution is -2.87. The molecule has 0 aliphatic carbocycles. The summed E-state index contributed by atoms with van der Waals surface area (Å²) in [6.45, 7) is 5.26. The molecule has 0 bridgehead atoms. The number of hydrogen-bond donors (Lipinski definition) is 1. The molecule has 0 saturated heterocycles. The van der Waals surface area contributed by atoms with E-state index >= 15 is 0 Å². The topological polar surface area (TPSA) is 39.0 Å². The molecule has 2 N–H and O–H groups in total. The van der Waals surface area contributed by atoms with Crippen molar-refractivity contribution in [3.63, 3.8) is 0 Å². The van der Waals surface area contributed by atoms with Gasteiger partial charge in [0.1, 0.15) is 18.1 Å². The highest BCUT2D eigenvalue weighted by Crippen LogP contribution is 2.30. The Balaban J connectivity index is 2.10. The highest BCUT2D eigenvalue weighted by Gasteiger charge is 2.10. The van der Waals surface area contributed by atoms with E-state index in [1.54, 1.807) is 7.11 Å². The predicted molar refractivity (Wildman–Crippen MR) is 81.1 cm³/mol. The van der Waals surface area contributed by atoms with Gasteiger partial charge in [-0.25, -0.2) is 0 Å². The molecule has 0 fully saturated rings. The van der Waals surface area contributed by atoms with Crippen LogP contribution in [0.5, 0.6) is 5.75 Å². The number of ether oxygens (including phenoxy) is 1. The molecule has 2 aromatic rings. The van der Waals surface area contributed by atoms with Crippen molar-refractivity contribution < 1.29 is 14.5 Å². The van der Waals surface area contributed by atoms with Crippen molar-refractivity contribution >= 4 is 11.6 Å². The maximum atomic E-state index is 6.13. The zero-order valence-corrected chi connectivity index (χ0v) is 12.9. The van der Waals surface area contributed by atoms with Gasteiger partial charge < -0.3 is 14.5 Å². The van der Waals surface area contributed by atoms with Crippen molar-refractivity contribution in [3.05, 3.63) is 41.1 Å². The van der Waals surface area contributed by atoms with Crippen LogP contribution in [0.1, 0.15) is 26.0 Å². The van der Waals surface area contributed by atoms with Gasteiger partial charge in [0.25, 0.3) is 0 Å². The molecule has 4 heteroatoms. The fourth-order valence-electron chi connectivity index (χ4n) is 1.95. The van der Waals surface area contributed by atoms with Crippen molar-refractivity contribution in [1.82, 2.24) is 0 Å². The van der Waals surface area contributed by atoms with Crippen LogP contribution in [0.25, 0.3) is 11.3 Å². The van der Waals surface area contributed by atoms with E-state index in [4.69, 9.17) is 20.8 Å². The van der Waals surface area contributed by atoms with E-state index in [1.165, 1.54) is 0 Å². The van der Waals surface area contributed by atoms with Gasteiger partial charge in [-0.05, 0) is 43.7 Å². The van der Waals surface area contributed by atoms with Crippen LogP contribution in [0.3, 0.4) is 0 Å². The molecule has 0 spiro atoms. The molecule has 0 amide bonds. The van der Waals surface area contributed by atoms with Gasteiger partial charge in [-0.3, -0.25) is 0 Å². The lowest BCUT2D eigenvalue weighted by Gasteiger charge is -2.06. The Kier molecular flexibility index (Phi) is 5.10. The van der Waals surface area contributed by atoms with Gasteiger partial charge in [0.2, 0.25) is 0 Å². The number of rotatable bonds is 6. The highest BCUT2D eigenvalue weighted by molar-refractivity contribution is 6.32. The van der Waals surface area contributed by atoms with Crippen LogP contribution in [0.4, 0.5) is 0 Å². The maximum Gasteiger partial charge on any atom is 0.158 e. The number of furan rings is 1. The number of benzene rings is 1. The first-order valence-electron chi connectivity index (χ1n) is 6.90. The van der Waals surface area contributed by atoms with Crippen LogP contribution in [0.15, 0.2) is 34.7 Å². The Morgan fingerprint density at radius 2 is 2.10 bits per heavy atom. The van der Waals surface area contributed by atoms with Crippen molar-refractivity contribution in [2.75, 3.05) is 7.11 Å². The van der Waals surface area contributed by atoms with E-state index in [-0.39, 0.29) is 0 Å². The average molecular weight is 295 g/mol. The number of hydrogen-bond acceptors (Lipinski definition) is 2. The first kappa shape index (κ1) is 14.9. The summed E-state index contributed by atoms with van der Waals surface area (Å²) in [5.74, 6) is 2.49. The second-order valence-corrected chi connectivity index (χ2v) is 5.35. The lowest BCUT2D eigenvalue weighted by atomic mass is 10.2. The van der Waals surface area contributed by atoms with Gasteiger partial charge in [-0.15, -0.1) is 0 Å². The van der Waals surface area contributed by atoms with E-state index in [0.29, 0.717) is 16.8 Å². The molecule has 1 aromatic heterocycles. The fourth-order valence-corrected chi connectivity index (χ4v) is 2.20. The van der Waals surface area contributed by atoms with Gasteiger partial charge in [0.15, 0.2) is 5.76 Å². The van der Waals surface area contributed by atoms with Crippen LogP contribution in [-0.4, -0.2) is 13.2 Å². The molecule has 2 rings (SSSR count). The molecular formula is C16H21ClNO2+. The Morgan fingerprint density at radius 3 is 2.75 bits per heavy atom. The first-order chi connectivity index (χ1) is 9.63. The van der Waals surface area contributed by atoms with Crippen LogP contribution in [0.2, 0.25) is 5.02 Å². The molecule has 20 heavy (non-hydrogen) atoms. The molecule has 1 atom stereocenters. The summed E-state index contributed by atoms with van der Waals surface area (Å²) in [5, 5.41) is 2.87. The van der Waals surface area contributed by atoms with Crippen LogP contribution in [-0.2, 0) is 6.54 Å². The quantitative estimate of drug-likeness (QED) is 0.886. The Labute approximate surface area is 124 Å². The van der Waals surface area contributed by atoms with Gasteiger partial charge >= 0.3 is 0 Å². The molecular weight excluding hydrogens is 274 g/mol. The van der Waals surface area contributed by atoms with Gasteiger partial charge in [0.05, 0.1) is 18.2 Å². The van der Waals surface area contributed by atoms with Crippen LogP contribution in [0, 0.1) is 0 Å². The van der Waals surface area contributed by atoms with E-state index in [9.17, 15) is 0 Å². The number of halogens is 1. The summed E-state index contributed by atoms with van der Waals surface area (Å²) >= 11 is 6.13. The second-order valence-electron chi connectivity index (χ2n) is 4.94. The molecule has 108 valence electrons. The second kappa shape index (κ2) is 6.82. The number of nitrogens with two attached hydrogens (primary N) is 1. The Morgan fingerprint density at radius 1 is 1.30 bits per heavy atom. The van der Waals surface area contributed by atoms with Gasteiger partial charge in [-0.2, -0.15) is 0 Å². The van der Waals surface area contributed by atoms with Crippen molar-refractivity contribution in [2.45, 2.75) is 32.9 Å². The largest absolute Gasteiger partial charge is 0.495 e. The first-order valence-corrected chi connectivity index (χ1v) is 7.27. The molecule has 0 unspecified atom stereocenters. The maximum absolute atomic E-state index is 6.13. The zero-order chi connectivity index (χ0) is 14.5. The summed E-state index contributed by atoms with van der Waals surface area (Å²) in [6, 6.07) is 10.3. The summed E-state index contributed by atoms with van der Waals surface area (Å²) in [4.78, 5) is 0. The normalized spacial score (nSPS) is 12.4. The molecule has 0 aliphatic rings. The van der Waals surface area contributed by atoms with E-state index < -0.39 is 0 Å². The number of quaternary nitrogens is 1. The van der Waals surface area contributed by atoms with Crippen LogP contribution >= 0.6 is 11.6 Å². The minimum absolute atomic E-state index is 0.592. The summed E-state index contributed by atoms with van der Waals surface area (Å²) in [5.41, 5.74) is 0.964. The third kappa shape index (κ3) is 3.56. The third-order valence-corrected chi connectivity index (χ3v) is 3.76. The van der Waals surface area contributed by atoms with Crippen LogP contribution < -0.4 is 10.1 Å². The van der Waals surface area contributed by atoms with E-state index in [1.807, 2.05) is 30.3 Å². The van der Waals surface area contributed by atoms with Gasteiger partial charge in [0, 0.05) is 5.56 Å². The standard InChI is InChI=1S/C16H20ClNO2/c1-4-11(2)18-10-13-6-8-15(20-13)12-5-7-16(19-3)14(17)9-12/h5-9,11,18H,4,10H2,1-3H3/p+1/t11-/m1/s1.